The quantitative estimate of drug-likeness (QED) is 0.920. The largest absolute Gasteiger partial charge is 0.378 e. The maximum absolute atomic E-state index is 12.6. The van der Waals surface area contributed by atoms with Crippen molar-refractivity contribution in [3.8, 4) is 0 Å². The van der Waals surface area contributed by atoms with Gasteiger partial charge in [0.25, 0.3) is 11.5 Å². The van der Waals surface area contributed by atoms with Gasteiger partial charge in [0.1, 0.15) is 5.56 Å². The van der Waals surface area contributed by atoms with Crippen LogP contribution in [0.3, 0.4) is 0 Å². The zero-order valence-electron chi connectivity index (χ0n) is 13.7. The van der Waals surface area contributed by atoms with Crippen LogP contribution in [0, 0.1) is 5.41 Å². The summed E-state index contributed by atoms with van der Waals surface area (Å²) in [5.41, 5.74) is -0.138. The minimum atomic E-state index is -0.320. The Balaban J connectivity index is 1.55. The molecule has 6 nitrogen and oxygen atoms in total. The average Bonchev–Trinajstić information content (AvgIpc) is 3.25. The number of rotatable bonds is 4. The third kappa shape index (κ3) is 2.29. The van der Waals surface area contributed by atoms with Gasteiger partial charge in [-0.05, 0) is 26.2 Å². The average molecular weight is 347 g/mol. The number of aromatic nitrogens is 2. The molecule has 2 heterocycles. The first-order chi connectivity index (χ1) is 11.7. The van der Waals surface area contributed by atoms with Gasteiger partial charge in [0.15, 0.2) is 4.96 Å². The highest BCUT2D eigenvalue weighted by Crippen LogP contribution is 2.54. The Hall–Kier alpha value is -1.73. The van der Waals surface area contributed by atoms with Gasteiger partial charge in [-0.1, -0.05) is 12.8 Å². The summed E-state index contributed by atoms with van der Waals surface area (Å²) in [6.45, 7) is 2.71. The maximum Gasteiger partial charge on any atom is 0.271 e. The Labute approximate surface area is 143 Å². The molecule has 4 rings (SSSR count). The van der Waals surface area contributed by atoms with Crippen LogP contribution >= 0.6 is 11.3 Å². The van der Waals surface area contributed by atoms with Crippen molar-refractivity contribution in [2.45, 2.75) is 51.2 Å². The molecular formula is C17H21N3O3S. The molecule has 2 fully saturated rings. The fraction of sp³-hybridized carbons (Fsp3) is 0.588. The van der Waals surface area contributed by atoms with E-state index in [1.165, 1.54) is 34.8 Å². The van der Waals surface area contributed by atoms with Crippen LogP contribution in [0.25, 0.3) is 4.96 Å². The van der Waals surface area contributed by atoms with Crippen molar-refractivity contribution in [3.05, 3.63) is 33.7 Å². The molecule has 2 aromatic rings. The van der Waals surface area contributed by atoms with Crippen LogP contribution in [0.2, 0.25) is 0 Å². The maximum atomic E-state index is 12.6. The van der Waals surface area contributed by atoms with Crippen LogP contribution in [0.4, 0.5) is 0 Å². The molecule has 1 amide bonds. The minimum Gasteiger partial charge on any atom is -0.378 e. The summed E-state index contributed by atoms with van der Waals surface area (Å²) in [5.74, 6) is -0.320. The van der Waals surface area contributed by atoms with Crippen LogP contribution in [-0.2, 0) is 4.74 Å². The monoisotopic (exact) mass is 347 g/mol. The first kappa shape index (κ1) is 15.8. The van der Waals surface area contributed by atoms with Gasteiger partial charge in [-0.25, -0.2) is 4.98 Å². The summed E-state index contributed by atoms with van der Waals surface area (Å²) in [4.78, 5) is 29.9. The van der Waals surface area contributed by atoms with Crippen molar-refractivity contribution in [1.82, 2.24) is 14.7 Å². The smallest absolute Gasteiger partial charge is 0.271 e. The van der Waals surface area contributed by atoms with E-state index < -0.39 is 0 Å². The molecule has 2 aliphatic rings. The topological polar surface area (TPSA) is 72.7 Å². The molecule has 0 aromatic carbocycles. The fourth-order valence-corrected chi connectivity index (χ4v) is 4.98. The summed E-state index contributed by atoms with van der Waals surface area (Å²) in [6.07, 6.45) is 8.64. The van der Waals surface area contributed by atoms with Crippen LogP contribution in [0.5, 0.6) is 0 Å². The molecule has 0 unspecified atom stereocenters. The van der Waals surface area contributed by atoms with Gasteiger partial charge in [0.2, 0.25) is 0 Å². The second-order valence-electron chi connectivity index (χ2n) is 6.68. The molecule has 2 aliphatic carbocycles. The van der Waals surface area contributed by atoms with Gasteiger partial charge < -0.3 is 10.1 Å². The summed E-state index contributed by atoms with van der Waals surface area (Å²) < 4.78 is 7.30. The molecular weight excluding hydrogens is 326 g/mol. The minimum absolute atomic E-state index is 0.0573. The fourth-order valence-electron chi connectivity index (χ4n) is 4.31. The van der Waals surface area contributed by atoms with Crippen molar-refractivity contribution in [2.75, 3.05) is 6.61 Å². The van der Waals surface area contributed by atoms with Gasteiger partial charge in [-0.15, -0.1) is 11.3 Å². The number of carbonyl (C=O) groups excluding carboxylic acids is 1. The van der Waals surface area contributed by atoms with Crippen molar-refractivity contribution in [1.29, 1.82) is 0 Å². The third-order valence-electron chi connectivity index (χ3n) is 5.58. The first-order valence-corrected chi connectivity index (χ1v) is 9.41. The van der Waals surface area contributed by atoms with Crippen LogP contribution in [0.1, 0.15) is 49.4 Å². The van der Waals surface area contributed by atoms with E-state index in [4.69, 9.17) is 4.74 Å². The lowest BCUT2D eigenvalue weighted by Crippen LogP contribution is -2.64. The summed E-state index contributed by atoms with van der Waals surface area (Å²) in [5, 5.41) is 4.87. The van der Waals surface area contributed by atoms with E-state index in [0.29, 0.717) is 11.6 Å². The lowest BCUT2D eigenvalue weighted by atomic mass is 9.60. The van der Waals surface area contributed by atoms with Gasteiger partial charge in [-0.2, -0.15) is 0 Å². The Morgan fingerprint density at radius 3 is 3.04 bits per heavy atom. The molecule has 0 radical (unpaired) electrons. The van der Waals surface area contributed by atoms with Gasteiger partial charge in [-0.3, -0.25) is 14.0 Å². The number of nitrogens with zero attached hydrogens (tertiary/aromatic N) is 2. The summed E-state index contributed by atoms with van der Waals surface area (Å²) in [6, 6.07) is 0.0895. The van der Waals surface area contributed by atoms with Crippen molar-refractivity contribution < 1.29 is 9.53 Å². The molecule has 0 aliphatic heterocycles. The molecule has 1 N–H and O–H groups in total. The zero-order valence-corrected chi connectivity index (χ0v) is 14.5. The van der Waals surface area contributed by atoms with E-state index in [-0.39, 0.29) is 34.6 Å². The Morgan fingerprint density at radius 1 is 1.50 bits per heavy atom. The van der Waals surface area contributed by atoms with Crippen molar-refractivity contribution in [3.63, 3.8) is 0 Å². The molecule has 128 valence electrons. The number of nitrogens with one attached hydrogen (secondary N) is 1. The lowest BCUT2D eigenvalue weighted by molar-refractivity contribution is -0.127. The molecule has 24 heavy (non-hydrogen) atoms. The van der Waals surface area contributed by atoms with E-state index in [1.54, 1.807) is 11.6 Å². The normalized spacial score (nSPS) is 25.0. The predicted octanol–water partition coefficient (Wildman–Crippen LogP) is 2.22. The highest BCUT2D eigenvalue weighted by molar-refractivity contribution is 7.15. The van der Waals surface area contributed by atoms with E-state index in [1.807, 2.05) is 6.92 Å². The Bertz CT molecular complexity index is 822. The second-order valence-corrected chi connectivity index (χ2v) is 7.55. The second kappa shape index (κ2) is 5.97. The highest BCUT2D eigenvalue weighted by Gasteiger charge is 2.57. The Kier molecular flexibility index (Phi) is 3.92. The van der Waals surface area contributed by atoms with Crippen LogP contribution in [-0.4, -0.2) is 34.0 Å². The number of fused-ring (bicyclic) bond motifs is 1. The van der Waals surface area contributed by atoms with E-state index in [9.17, 15) is 9.59 Å². The summed E-state index contributed by atoms with van der Waals surface area (Å²) >= 11 is 1.38. The molecule has 0 bridgehead atoms. The van der Waals surface area contributed by atoms with Gasteiger partial charge >= 0.3 is 0 Å². The van der Waals surface area contributed by atoms with E-state index >= 15 is 0 Å². The molecule has 0 saturated heterocycles. The molecule has 2 aromatic heterocycles. The molecule has 2 saturated carbocycles. The molecule has 2 atom stereocenters. The molecule has 1 spiro atoms. The number of hydrogen-bond acceptors (Lipinski definition) is 5. The summed E-state index contributed by atoms with van der Waals surface area (Å²) in [7, 11) is 0. The number of ether oxygens (including phenoxy) is 1. The third-order valence-corrected chi connectivity index (χ3v) is 6.35. The number of carbonyl (C=O) groups is 1. The zero-order chi connectivity index (χ0) is 16.7. The van der Waals surface area contributed by atoms with Crippen LogP contribution < -0.4 is 10.9 Å². The highest BCUT2D eigenvalue weighted by atomic mass is 32.1. The first-order valence-electron chi connectivity index (χ1n) is 8.53. The van der Waals surface area contributed by atoms with E-state index in [2.05, 4.69) is 10.3 Å². The SMILES string of the molecule is CCO[C@@H]1C[C@H](NC(=O)c2cnc3sccn3c2=O)C12CCCC2. The van der Waals surface area contributed by atoms with Gasteiger partial charge in [0.05, 0.1) is 6.10 Å². The standard InChI is InChI=1S/C17H21N3O3S/c1-2-23-13-9-12(17(13)5-3-4-6-17)19-14(21)11-10-18-16-20(15(11)22)7-8-24-16/h7-8,10,12-13H,2-6,9H2,1H3,(H,19,21)/t12-,13+/m0/s1. The van der Waals surface area contributed by atoms with Crippen molar-refractivity contribution in [2.24, 2.45) is 5.41 Å². The Morgan fingerprint density at radius 2 is 2.29 bits per heavy atom. The number of thiazole rings is 1. The predicted molar refractivity (Wildman–Crippen MR) is 91.5 cm³/mol. The lowest BCUT2D eigenvalue weighted by Gasteiger charge is -2.54. The van der Waals surface area contributed by atoms with Gasteiger partial charge in [0, 0.05) is 35.8 Å². The van der Waals surface area contributed by atoms with E-state index in [0.717, 1.165) is 19.3 Å². The van der Waals surface area contributed by atoms with Crippen LogP contribution in [0.15, 0.2) is 22.6 Å². The number of amides is 1. The molecule has 7 heteroatoms. The number of hydrogen-bond donors (Lipinski definition) is 1. The van der Waals surface area contributed by atoms with Crippen molar-refractivity contribution >= 4 is 22.2 Å².